The molecule has 0 unspecified atom stereocenters. The highest BCUT2D eigenvalue weighted by Crippen LogP contribution is 2.12. The fourth-order valence-electron chi connectivity index (χ4n) is 0.964. The van der Waals surface area contributed by atoms with Gasteiger partial charge in [-0.3, -0.25) is 0 Å². The summed E-state index contributed by atoms with van der Waals surface area (Å²) in [7, 11) is 0. The van der Waals surface area contributed by atoms with E-state index in [1.54, 1.807) is 18.2 Å². The van der Waals surface area contributed by atoms with E-state index < -0.39 is 0 Å². The fraction of sp³-hybridized carbons (Fsp3) is 0.0769. The summed E-state index contributed by atoms with van der Waals surface area (Å²) in [6, 6.07) is 0. The highest BCUT2D eigenvalue weighted by atomic mass is 14.0. The molecule has 0 amide bonds. The monoisotopic (exact) mass is 172 g/mol. The van der Waals surface area contributed by atoms with Crippen molar-refractivity contribution in [2.24, 2.45) is 0 Å². The molecule has 0 bridgehead atoms. The minimum Gasteiger partial charge on any atom is -0.0990 e. The molecule has 0 heterocycles. The van der Waals surface area contributed by atoms with Crippen molar-refractivity contribution >= 4 is 0 Å². The van der Waals surface area contributed by atoms with Gasteiger partial charge in [0.15, 0.2) is 0 Å². The third kappa shape index (κ3) is 4.12. The average Bonchev–Trinajstić information content (AvgIpc) is 2.14. The normalized spacial score (nSPS) is 13.0. The SMILES string of the molecule is C=CC=C(/C=C\C)/C(C=C)=C\C=C. The molecule has 0 aliphatic carbocycles. The van der Waals surface area contributed by atoms with Gasteiger partial charge in [-0.05, 0) is 18.1 Å². The van der Waals surface area contributed by atoms with Gasteiger partial charge in [0.05, 0.1) is 0 Å². The van der Waals surface area contributed by atoms with Crippen molar-refractivity contribution in [1.29, 1.82) is 0 Å². The van der Waals surface area contributed by atoms with E-state index in [1.807, 2.05) is 31.2 Å². The molecular weight excluding hydrogens is 156 g/mol. The molecule has 68 valence electrons. The Balaban J connectivity index is 5.01. The maximum Gasteiger partial charge on any atom is -0.0188 e. The lowest BCUT2D eigenvalue weighted by Crippen LogP contribution is -1.81. The van der Waals surface area contributed by atoms with Crippen molar-refractivity contribution < 1.29 is 0 Å². The van der Waals surface area contributed by atoms with Crippen LogP contribution in [0.2, 0.25) is 0 Å². The molecule has 0 aromatic carbocycles. The number of hydrogen-bond acceptors (Lipinski definition) is 0. The molecule has 0 aliphatic heterocycles. The van der Waals surface area contributed by atoms with Crippen LogP contribution in [0.3, 0.4) is 0 Å². The zero-order valence-corrected chi connectivity index (χ0v) is 8.16. The highest BCUT2D eigenvalue weighted by Gasteiger charge is 1.93. The lowest BCUT2D eigenvalue weighted by Gasteiger charge is -2.00. The third-order valence-corrected chi connectivity index (χ3v) is 1.49. The lowest BCUT2D eigenvalue weighted by molar-refractivity contribution is 1.53. The first-order chi connectivity index (χ1) is 6.29. The van der Waals surface area contributed by atoms with Crippen LogP contribution in [0, 0.1) is 0 Å². The van der Waals surface area contributed by atoms with E-state index in [9.17, 15) is 0 Å². The van der Waals surface area contributed by atoms with Crippen LogP contribution >= 0.6 is 0 Å². The molecule has 0 aliphatic rings. The van der Waals surface area contributed by atoms with Crippen LogP contribution in [0.4, 0.5) is 0 Å². The van der Waals surface area contributed by atoms with Gasteiger partial charge in [-0.25, -0.2) is 0 Å². The molecule has 0 fully saturated rings. The number of rotatable bonds is 5. The summed E-state index contributed by atoms with van der Waals surface area (Å²) in [5, 5.41) is 0. The second kappa shape index (κ2) is 7.11. The van der Waals surface area contributed by atoms with Gasteiger partial charge in [0.1, 0.15) is 0 Å². The maximum absolute atomic E-state index is 3.74. The largest absolute Gasteiger partial charge is 0.0990 e. The molecule has 0 rings (SSSR count). The highest BCUT2D eigenvalue weighted by molar-refractivity contribution is 5.48. The number of hydrogen-bond donors (Lipinski definition) is 0. The van der Waals surface area contributed by atoms with Gasteiger partial charge < -0.3 is 0 Å². The molecule has 0 aromatic rings. The van der Waals surface area contributed by atoms with E-state index in [-0.39, 0.29) is 0 Å². The van der Waals surface area contributed by atoms with Crippen LogP contribution in [0.25, 0.3) is 0 Å². The van der Waals surface area contributed by atoms with Gasteiger partial charge in [-0.15, -0.1) is 0 Å². The molecule has 0 atom stereocenters. The van der Waals surface area contributed by atoms with Crippen molar-refractivity contribution in [3.05, 3.63) is 73.4 Å². The molecular formula is C13H16. The molecule has 0 radical (unpaired) electrons. The first kappa shape index (κ1) is 11.4. The van der Waals surface area contributed by atoms with Crippen LogP contribution in [0.15, 0.2) is 73.4 Å². The predicted octanol–water partition coefficient (Wildman–Crippen LogP) is 3.97. The maximum atomic E-state index is 3.74. The Labute approximate surface area is 81.0 Å². The van der Waals surface area contributed by atoms with Gasteiger partial charge in [-0.1, -0.05) is 62.3 Å². The Hall–Kier alpha value is -1.56. The summed E-state index contributed by atoms with van der Waals surface area (Å²) >= 11 is 0. The summed E-state index contributed by atoms with van der Waals surface area (Å²) in [5.74, 6) is 0. The van der Waals surface area contributed by atoms with Crippen LogP contribution < -0.4 is 0 Å². The molecule has 0 spiro atoms. The van der Waals surface area contributed by atoms with E-state index in [0.29, 0.717) is 0 Å². The van der Waals surface area contributed by atoms with Crippen molar-refractivity contribution in [2.45, 2.75) is 6.92 Å². The minimum absolute atomic E-state index is 1.05. The van der Waals surface area contributed by atoms with Crippen molar-refractivity contribution in [2.75, 3.05) is 0 Å². The minimum atomic E-state index is 1.05. The second-order valence-electron chi connectivity index (χ2n) is 2.42. The molecule has 0 saturated heterocycles. The Kier molecular flexibility index (Phi) is 6.26. The van der Waals surface area contributed by atoms with Crippen LogP contribution in [-0.4, -0.2) is 0 Å². The number of allylic oxidation sites excluding steroid dienone is 9. The fourth-order valence-corrected chi connectivity index (χ4v) is 0.964. The van der Waals surface area contributed by atoms with Crippen LogP contribution in [0.1, 0.15) is 6.92 Å². The van der Waals surface area contributed by atoms with Gasteiger partial charge in [0.2, 0.25) is 0 Å². The van der Waals surface area contributed by atoms with E-state index in [1.165, 1.54) is 0 Å². The quantitative estimate of drug-likeness (QED) is 0.550. The van der Waals surface area contributed by atoms with Gasteiger partial charge in [0, 0.05) is 0 Å². The van der Waals surface area contributed by atoms with Crippen LogP contribution in [0.5, 0.6) is 0 Å². The zero-order valence-electron chi connectivity index (χ0n) is 8.16. The first-order valence-electron chi connectivity index (χ1n) is 4.21. The van der Waals surface area contributed by atoms with E-state index in [2.05, 4.69) is 19.7 Å². The van der Waals surface area contributed by atoms with E-state index in [4.69, 9.17) is 0 Å². The standard InChI is InChI=1S/C13H16/c1-5-9-12(8-4)13(10-6-2)11-7-3/h5-11H,1-2,4H2,3H3/b11-7-,12-9-,13-10?. The smallest absolute Gasteiger partial charge is 0.0188 e. The third-order valence-electron chi connectivity index (χ3n) is 1.49. The van der Waals surface area contributed by atoms with Gasteiger partial charge >= 0.3 is 0 Å². The summed E-state index contributed by atoms with van der Waals surface area (Å²) < 4.78 is 0. The molecule has 0 saturated carbocycles. The lowest BCUT2D eigenvalue weighted by atomic mass is 10.0. The zero-order chi connectivity index (χ0) is 10.1. The Morgan fingerprint density at radius 3 is 1.85 bits per heavy atom. The topological polar surface area (TPSA) is 0 Å². The van der Waals surface area contributed by atoms with Crippen molar-refractivity contribution in [3.63, 3.8) is 0 Å². The molecule has 0 nitrogen and oxygen atoms in total. The van der Waals surface area contributed by atoms with Crippen molar-refractivity contribution in [3.8, 4) is 0 Å². The summed E-state index contributed by atoms with van der Waals surface area (Å²) in [4.78, 5) is 0. The van der Waals surface area contributed by atoms with E-state index >= 15 is 0 Å². The second-order valence-corrected chi connectivity index (χ2v) is 2.42. The Bertz CT molecular complexity index is 272. The Morgan fingerprint density at radius 2 is 1.46 bits per heavy atom. The summed E-state index contributed by atoms with van der Waals surface area (Å²) in [6.45, 7) is 13.0. The molecule has 13 heavy (non-hydrogen) atoms. The molecule has 0 heteroatoms. The van der Waals surface area contributed by atoms with Crippen LogP contribution in [-0.2, 0) is 0 Å². The van der Waals surface area contributed by atoms with Crippen molar-refractivity contribution in [1.82, 2.24) is 0 Å². The summed E-state index contributed by atoms with van der Waals surface area (Å²) in [6.07, 6.45) is 13.2. The molecule has 0 aromatic heterocycles. The molecule has 0 N–H and O–H groups in total. The van der Waals surface area contributed by atoms with Gasteiger partial charge in [0.25, 0.3) is 0 Å². The first-order valence-corrected chi connectivity index (χ1v) is 4.21. The summed E-state index contributed by atoms with van der Waals surface area (Å²) in [5.41, 5.74) is 2.14. The average molecular weight is 172 g/mol. The Morgan fingerprint density at radius 1 is 0.923 bits per heavy atom. The van der Waals surface area contributed by atoms with Gasteiger partial charge in [-0.2, -0.15) is 0 Å². The predicted molar refractivity (Wildman–Crippen MR) is 61.6 cm³/mol. The van der Waals surface area contributed by atoms with E-state index in [0.717, 1.165) is 11.1 Å².